The van der Waals surface area contributed by atoms with Crippen LogP contribution < -0.4 is 5.56 Å². The fourth-order valence-corrected chi connectivity index (χ4v) is 0.696. The Bertz CT molecular complexity index is 401. The highest BCUT2D eigenvalue weighted by Crippen LogP contribution is 1.86. The summed E-state index contributed by atoms with van der Waals surface area (Å²) in [6, 6.07) is 2.39. The highest BCUT2D eigenvalue weighted by Gasteiger charge is 1.92. The first-order chi connectivity index (χ1) is 4.86. The molecule has 0 spiro atoms. The van der Waals surface area contributed by atoms with Crippen molar-refractivity contribution in [3.8, 4) is 0 Å². The zero-order chi connectivity index (χ0) is 6.97. The largest absolute Gasteiger partial charge is 0.281 e. The number of nitrogens with one attached hydrogen (secondary N) is 1. The first kappa shape index (κ1) is 5.16. The predicted octanol–water partition coefficient (Wildman–Crippen LogP) is -0.782. The summed E-state index contributed by atoms with van der Waals surface area (Å²) in [4.78, 5) is 14.2. The fourth-order valence-electron chi connectivity index (χ4n) is 0.696. The van der Waals surface area contributed by atoms with E-state index in [-0.39, 0.29) is 5.56 Å². The van der Waals surface area contributed by atoms with Crippen LogP contribution in [-0.2, 0) is 0 Å². The number of aromatic nitrogens is 4. The van der Waals surface area contributed by atoms with Crippen LogP contribution in [0.2, 0.25) is 0 Å². The average molecular weight is 135 g/mol. The summed E-state index contributed by atoms with van der Waals surface area (Å²) >= 11 is 0. The van der Waals surface area contributed by atoms with Crippen molar-refractivity contribution >= 4 is 5.65 Å². The maximum Gasteiger partial charge on any atom is 0.281 e. The molecule has 0 aromatic carbocycles. The Labute approximate surface area is 55.3 Å². The van der Waals surface area contributed by atoms with E-state index in [0.29, 0.717) is 5.65 Å². The lowest BCUT2D eigenvalue weighted by atomic mass is 10.6. The minimum Gasteiger partial charge on any atom is -0.267 e. The second-order valence-electron chi connectivity index (χ2n) is 1.78. The number of fused-ring (bicyclic) bond motifs is 1. The van der Waals surface area contributed by atoms with E-state index in [2.05, 4.69) is 21.4 Å². The van der Waals surface area contributed by atoms with Crippen molar-refractivity contribution in [1.29, 1.82) is 0 Å². The van der Waals surface area contributed by atoms with Gasteiger partial charge in [0.2, 0.25) is 0 Å². The Morgan fingerprint density at radius 1 is 1.70 bits per heavy atom. The summed E-state index contributed by atoms with van der Waals surface area (Å²) in [7, 11) is 0. The van der Waals surface area contributed by atoms with Gasteiger partial charge in [0.25, 0.3) is 5.56 Å². The van der Waals surface area contributed by atoms with Gasteiger partial charge in [-0.25, -0.2) is 9.73 Å². The normalized spacial score (nSPS) is 10.4. The second kappa shape index (κ2) is 1.66. The average Bonchev–Trinajstić information content (AvgIpc) is 2.33. The molecule has 0 saturated carbocycles. The van der Waals surface area contributed by atoms with Crippen molar-refractivity contribution in [2.45, 2.75) is 0 Å². The topological polar surface area (TPSA) is 63.0 Å². The summed E-state index contributed by atoms with van der Waals surface area (Å²) in [5.41, 5.74) is 0.130. The molecular weight excluding hydrogens is 132 g/mol. The second-order valence-corrected chi connectivity index (χ2v) is 1.78. The highest BCUT2D eigenvalue weighted by molar-refractivity contribution is 5.30. The van der Waals surface area contributed by atoms with Crippen LogP contribution in [-0.4, -0.2) is 19.8 Å². The molecule has 10 heavy (non-hydrogen) atoms. The first-order valence-electron chi connectivity index (χ1n) is 2.67. The molecule has 2 aromatic heterocycles. The van der Waals surface area contributed by atoms with Gasteiger partial charge in [-0.3, -0.25) is 4.79 Å². The highest BCUT2D eigenvalue weighted by atomic mass is 16.1. The van der Waals surface area contributed by atoms with Crippen molar-refractivity contribution in [1.82, 2.24) is 19.8 Å². The summed E-state index contributed by atoms with van der Waals surface area (Å²) < 4.78 is 1.50. The molecule has 0 fully saturated rings. The number of hydrogen-bond donors (Lipinski definition) is 1. The van der Waals surface area contributed by atoms with Gasteiger partial charge in [0, 0.05) is 6.20 Å². The van der Waals surface area contributed by atoms with E-state index >= 15 is 0 Å². The van der Waals surface area contributed by atoms with E-state index in [1.54, 1.807) is 0 Å². The third-order valence-electron chi connectivity index (χ3n) is 1.13. The Hall–Kier alpha value is -1.65. The lowest BCUT2D eigenvalue weighted by Gasteiger charge is -1.84. The molecular formula is C5H3N4O. The van der Waals surface area contributed by atoms with Crippen molar-refractivity contribution in [2.75, 3.05) is 0 Å². The van der Waals surface area contributed by atoms with Gasteiger partial charge in [0.05, 0.1) is 12.3 Å². The lowest BCUT2D eigenvalue weighted by Crippen LogP contribution is -2.06. The molecule has 0 bridgehead atoms. The smallest absolute Gasteiger partial charge is 0.267 e. The molecule has 49 valence electrons. The Morgan fingerprint density at radius 2 is 2.60 bits per heavy atom. The van der Waals surface area contributed by atoms with Crippen molar-refractivity contribution < 1.29 is 0 Å². The molecule has 0 aliphatic carbocycles. The number of aromatic amines is 1. The van der Waals surface area contributed by atoms with E-state index in [1.165, 1.54) is 16.9 Å². The van der Waals surface area contributed by atoms with Crippen LogP contribution in [0.25, 0.3) is 5.65 Å². The van der Waals surface area contributed by atoms with E-state index in [1.807, 2.05) is 0 Å². The Kier molecular flexibility index (Phi) is 0.858. The maximum atomic E-state index is 10.6. The van der Waals surface area contributed by atoms with Gasteiger partial charge in [0.15, 0.2) is 5.65 Å². The number of hydrogen-bond acceptors (Lipinski definition) is 3. The predicted molar refractivity (Wildman–Crippen MR) is 32.4 cm³/mol. The summed E-state index contributed by atoms with van der Waals surface area (Å²) in [5.74, 6) is 0. The SMILES string of the molecule is O=c1[c]cn2[nH]ncc2n1. The van der Waals surface area contributed by atoms with Gasteiger partial charge in [0.1, 0.15) is 0 Å². The van der Waals surface area contributed by atoms with Gasteiger partial charge in [-0.15, -0.1) is 0 Å². The first-order valence-corrected chi connectivity index (χ1v) is 2.67. The summed E-state index contributed by atoms with van der Waals surface area (Å²) in [6.45, 7) is 0. The van der Waals surface area contributed by atoms with Gasteiger partial charge in [-0.2, -0.15) is 10.1 Å². The number of nitrogens with zero attached hydrogens (tertiary/aromatic N) is 3. The molecule has 0 aliphatic heterocycles. The molecule has 0 unspecified atom stereocenters. The van der Waals surface area contributed by atoms with Crippen LogP contribution in [0.1, 0.15) is 0 Å². The van der Waals surface area contributed by atoms with E-state index in [0.717, 1.165) is 0 Å². The van der Waals surface area contributed by atoms with Crippen molar-refractivity contribution in [3.63, 3.8) is 0 Å². The molecule has 0 amide bonds. The van der Waals surface area contributed by atoms with Gasteiger partial charge < -0.3 is 0 Å². The third-order valence-corrected chi connectivity index (χ3v) is 1.13. The molecule has 0 aliphatic rings. The zero-order valence-electron chi connectivity index (χ0n) is 4.90. The molecule has 2 rings (SSSR count). The van der Waals surface area contributed by atoms with E-state index in [9.17, 15) is 4.79 Å². The third kappa shape index (κ3) is 0.604. The molecule has 5 nitrogen and oxygen atoms in total. The van der Waals surface area contributed by atoms with Crippen molar-refractivity contribution in [2.24, 2.45) is 0 Å². The van der Waals surface area contributed by atoms with Crippen LogP contribution >= 0.6 is 0 Å². The van der Waals surface area contributed by atoms with Crippen LogP contribution in [0.3, 0.4) is 0 Å². The minimum atomic E-state index is -0.374. The molecule has 1 N–H and O–H groups in total. The molecule has 1 radical (unpaired) electrons. The molecule has 0 atom stereocenters. The van der Waals surface area contributed by atoms with Gasteiger partial charge in [-0.05, 0) is 0 Å². The van der Waals surface area contributed by atoms with Crippen molar-refractivity contribution in [3.05, 3.63) is 28.8 Å². The van der Waals surface area contributed by atoms with Crippen LogP contribution in [0.4, 0.5) is 0 Å². The number of H-pyrrole nitrogens is 1. The summed E-state index contributed by atoms with van der Waals surface area (Å²) in [6.07, 6.45) is 2.92. The molecule has 0 saturated heterocycles. The fraction of sp³-hybridized carbons (Fsp3) is 0. The minimum absolute atomic E-state index is 0.374. The molecule has 2 heterocycles. The lowest BCUT2D eigenvalue weighted by molar-refractivity contribution is 0.842. The van der Waals surface area contributed by atoms with Crippen LogP contribution in [0, 0.1) is 6.07 Å². The summed E-state index contributed by atoms with van der Waals surface area (Å²) in [5, 5.41) is 6.24. The Morgan fingerprint density at radius 3 is 3.50 bits per heavy atom. The quantitative estimate of drug-likeness (QED) is 0.515. The monoisotopic (exact) mass is 135 g/mol. The number of rotatable bonds is 0. The Balaban J connectivity index is 2.99. The molecule has 2 aromatic rings. The molecule has 5 heteroatoms. The zero-order valence-corrected chi connectivity index (χ0v) is 4.90. The standard InChI is InChI=1S/C5H3N4O/c10-5-1-2-9-4(7-5)3-6-8-9/h2-3,8H. The van der Waals surface area contributed by atoms with Gasteiger partial charge in [-0.1, -0.05) is 0 Å². The maximum absolute atomic E-state index is 10.6. The van der Waals surface area contributed by atoms with E-state index < -0.39 is 0 Å². The van der Waals surface area contributed by atoms with E-state index in [4.69, 9.17) is 0 Å². The van der Waals surface area contributed by atoms with Crippen LogP contribution in [0.5, 0.6) is 0 Å². The van der Waals surface area contributed by atoms with Gasteiger partial charge >= 0.3 is 0 Å². The van der Waals surface area contributed by atoms with Crippen LogP contribution in [0.15, 0.2) is 17.2 Å².